The zero-order valence-electron chi connectivity index (χ0n) is 8.11. The molecule has 0 saturated carbocycles. The summed E-state index contributed by atoms with van der Waals surface area (Å²) in [7, 11) is 1.61. The number of carbonyl (C=O) groups is 1. The largest absolute Gasteiger partial charge is 0.355 e. The van der Waals surface area contributed by atoms with Crippen LogP contribution in [-0.2, 0) is 0 Å². The average molecular weight is 189 g/mol. The fraction of sp³-hybridized carbons (Fsp3) is 0.300. The van der Waals surface area contributed by atoms with Gasteiger partial charge in [0.2, 0.25) is 0 Å². The van der Waals surface area contributed by atoms with Crippen molar-refractivity contribution in [1.29, 1.82) is 0 Å². The van der Waals surface area contributed by atoms with Gasteiger partial charge >= 0.3 is 0 Å². The minimum Gasteiger partial charge on any atom is -0.355 e. The molecule has 4 nitrogen and oxygen atoms in total. The Hall–Kier alpha value is -1.71. The van der Waals surface area contributed by atoms with E-state index in [2.05, 4.69) is 15.3 Å². The minimum absolute atomic E-state index is 0.0232. The predicted molar refractivity (Wildman–Crippen MR) is 51.6 cm³/mol. The molecule has 1 aliphatic rings. The van der Waals surface area contributed by atoms with Gasteiger partial charge < -0.3 is 5.32 Å². The van der Waals surface area contributed by atoms with Gasteiger partial charge in [0, 0.05) is 12.6 Å². The maximum atomic E-state index is 11.3. The molecule has 1 unspecified atom stereocenters. The highest BCUT2D eigenvalue weighted by Gasteiger charge is 2.07. The number of amides is 1. The average Bonchev–Trinajstić information content (AvgIpc) is 2.55. The maximum absolute atomic E-state index is 11.3. The first kappa shape index (κ1) is 8.87. The molecule has 14 heavy (non-hydrogen) atoms. The van der Waals surface area contributed by atoms with Crippen molar-refractivity contribution in [1.82, 2.24) is 5.32 Å². The Morgan fingerprint density at radius 2 is 2.07 bits per heavy atom. The molecule has 0 bridgehead atoms. The zero-order chi connectivity index (χ0) is 10.1. The third kappa shape index (κ3) is 1.39. The minimum atomic E-state index is -0.0949. The topological polar surface area (TPSA) is 53.8 Å². The van der Waals surface area contributed by atoms with Crippen LogP contribution in [0, 0.1) is 0 Å². The standard InChI is InChI=1S/C10H11N3O/c1-6-12-8-4-3-7(10(14)11-2)5-9(8)13-6/h3-6H,1-2H3,(H,11,14). The molecule has 1 amide bonds. The second-order valence-corrected chi connectivity index (χ2v) is 3.17. The van der Waals surface area contributed by atoms with Crippen LogP contribution in [0.3, 0.4) is 0 Å². The fourth-order valence-electron chi connectivity index (χ4n) is 1.45. The smallest absolute Gasteiger partial charge is 0.251 e. The van der Waals surface area contributed by atoms with Gasteiger partial charge in [-0.25, -0.2) is 0 Å². The third-order valence-electron chi connectivity index (χ3n) is 2.12. The molecule has 72 valence electrons. The number of benzene rings is 1. The number of rotatable bonds is 1. The normalized spacial score (nSPS) is 18.0. The first-order chi connectivity index (χ1) is 6.70. The Labute approximate surface area is 81.4 Å². The van der Waals surface area contributed by atoms with Gasteiger partial charge in [0.15, 0.2) is 0 Å². The monoisotopic (exact) mass is 189 g/mol. The summed E-state index contributed by atoms with van der Waals surface area (Å²) >= 11 is 0. The van der Waals surface area contributed by atoms with Gasteiger partial charge in [-0.05, 0) is 25.1 Å². The van der Waals surface area contributed by atoms with E-state index in [0.29, 0.717) is 5.56 Å². The first-order valence-corrected chi connectivity index (χ1v) is 4.48. The van der Waals surface area contributed by atoms with Gasteiger partial charge in [0.05, 0.1) is 10.7 Å². The van der Waals surface area contributed by atoms with Crippen molar-refractivity contribution in [2.75, 3.05) is 7.05 Å². The van der Waals surface area contributed by atoms with Gasteiger partial charge in [0.1, 0.15) is 6.17 Å². The van der Waals surface area contributed by atoms with Crippen LogP contribution in [-0.4, -0.2) is 19.1 Å². The Bertz CT molecular complexity index is 493. The number of nitrogens with one attached hydrogen (secondary N) is 1. The third-order valence-corrected chi connectivity index (χ3v) is 2.12. The summed E-state index contributed by atoms with van der Waals surface area (Å²) in [5, 5.41) is 4.24. The number of hydrogen-bond acceptors (Lipinski definition) is 3. The van der Waals surface area contributed by atoms with Crippen LogP contribution in [0.15, 0.2) is 28.2 Å². The Morgan fingerprint density at radius 1 is 1.36 bits per heavy atom. The molecule has 1 aromatic rings. The second-order valence-electron chi connectivity index (χ2n) is 3.17. The zero-order valence-corrected chi connectivity index (χ0v) is 8.11. The lowest BCUT2D eigenvalue weighted by atomic mass is 10.2. The molecule has 1 N–H and O–H groups in total. The summed E-state index contributed by atoms with van der Waals surface area (Å²) in [5.41, 5.74) is 0.624. The van der Waals surface area contributed by atoms with Crippen LogP contribution in [0.5, 0.6) is 0 Å². The van der Waals surface area contributed by atoms with E-state index in [4.69, 9.17) is 0 Å². The second kappa shape index (κ2) is 3.21. The van der Waals surface area contributed by atoms with Crippen molar-refractivity contribution < 1.29 is 4.79 Å². The van der Waals surface area contributed by atoms with Crippen LogP contribution in [0.4, 0.5) is 0 Å². The molecule has 0 aromatic heterocycles. The van der Waals surface area contributed by atoms with Gasteiger partial charge in [-0.15, -0.1) is 0 Å². The molecule has 0 spiro atoms. The molecule has 0 saturated heterocycles. The summed E-state index contributed by atoms with van der Waals surface area (Å²) < 4.78 is 0. The molecule has 1 atom stereocenters. The summed E-state index contributed by atoms with van der Waals surface area (Å²) in [5.74, 6) is -0.0949. The molecule has 2 rings (SSSR count). The van der Waals surface area contributed by atoms with Crippen molar-refractivity contribution in [3.8, 4) is 0 Å². The SMILES string of the molecule is CNC(=O)c1ccc2c(c1)=NC(C)N=2. The molecule has 4 heteroatoms. The molecule has 1 aromatic carbocycles. The van der Waals surface area contributed by atoms with Gasteiger partial charge in [-0.1, -0.05) is 0 Å². The molecule has 1 aliphatic heterocycles. The van der Waals surface area contributed by atoms with Gasteiger partial charge in [0.25, 0.3) is 5.91 Å². The molecular weight excluding hydrogens is 178 g/mol. The van der Waals surface area contributed by atoms with E-state index in [0.717, 1.165) is 10.7 Å². The van der Waals surface area contributed by atoms with Crippen LogP contribution >= 0.6 is 0 Å². The van der Waals surface area contributed by atoms with Crippen LogP contribution < -0.4 is 16.0 Å². The van der Waals surface area contributed by atoms with E-state index in [1.807, 2.05) is 13.0 Å². The Kier molecular flexibility index (Phi) is 2.04. The van der Waals surface area contributed by atoms with Crippen molar-refractivity contribution in [2.24, 2.45) is 9.98 Å². The van der Waals surface area contributed by atoms with Crippen molar-refractivity contribution >= 4 is 5.91 Å². The fourth-order valence-corrected chi connectivity index (χ4v) is 1.45. The lowest BCUT2D eigenvalue weighted by Crippen LogP contribution is -2.26. The molecule has 1 heterocycles. The Morgan fingerprint density at radius 3 is 2.79 bits per heavy atom. The number of hydrogen-bond donors (Lipinski definition) is 1. The Balaban J connectivity index is 2.54. The lowest BCUT2D eigenvalue weighted by Gasteiger charge is -1.96. The lowest BCUT2D eigenvalue weighted by molar-refractivity contribution is 0.0963. The van der Waals surface area contributed by atoms with Crippen LogP contribution in [0.2, 0.25) is 0 Å². The first-order valence-electron chi connectivity index (χ1n) is 4.48. The van der Waals surface area contributed by atoms with Crippen molar-refractivity contribution in [3.63, 3.8) is 0 Å². The van der Waals surface area contributed by atoms with Crippen molar-refractivity contribution in [3.05, 3.63) is 34.5 Å². The summed E-state index contributed by atoms with van der Waals surface area (Å²) in [6.07, 6.45) is -0.0232. The highest BCUT2D eigenvalue weighted by Crippen LogP contribution is 1.96. The number of nitrogens with zero attached hydrogens (tertiary/aromatic N) is 2. The molecule has 0 fully saturated rings. The van der Waals surface area contributed by atoms with E-state index in [-0.39, 0.29) is 12.1 Å². The number of fused-ring (bicyclic) bond motifs is 1. The van der Waals surface area contributed by atoms with Crippen LogP contribution in [0.1, 0.15) is 17.3 Å². The maximum Gasteiger partial charge on any atom is 0.251 e. The quantitative estimate of drug-likeness (QED) is 0.644. The van der Waals surface area contributed by atoms with Gasteiger partial charge in [-0.3, -0.25) is 14.8 Å². The summed E-state index contributed by atoms with van der Waals surface area (Å²) in [6.45, 7) is 1.92. The predicted octanol–water partition coefficient (Wildman–Crippen LogP) is -0.355. The highest BCUT2D eigenvalue weighted by atomic mass is 16.1. The summed E-state index contributed by atoms with van der Waals surface area (Å²) in [6, 6.07) is 5.35. The highest BCUT2D eigenvalue weighted by molar-refractivity contribution is 5.93. The van der Waals surface area contributed by atoms with E-state index >= 15 is 0 Å². The van der Waals surface area contributed by atoms with E-state index < -0.39 is 0 Å². The van der Waals surface area contributed by atoms with Gasteiger partial charge in [-0.2, -0.15) is 0 Å². The van der Waals surface area contributed by atoms with Crippen molar-refractivity contribution in [2.45, 2.75) is 13.1 Å². The number of carbonyl (C=O) groups excluding carboxylic acids is 1. The molecule has 0 radical (unpaired) electrons. The van der Waals surface area contributed by atoms with E-state index in [1.54, 1.807) is 19.2 Å². The summed E-state index contributed by atoms with van der Waals surface area (Å²) in [4.78, 5) is 19.9. The molecular formula is C10H11N3O. The van der Waals surface area contributed by atoms with Crippen LogP contribution in [0.25, 0.3) is 0 Å². The van der Waals surface area contributed by atoms with E-state index in [9.17, 15) is 4.79 Å². The van der Waals surface area contributed by atoms with E-state index in [1.165, 1.54) is 0 Å². The molecule has 0 aliphatic carbocycles.